The van der Waals surface area contributed by atoms with Crippen LogP contribution in [0.15, 0.2) is 52.1 Å². The Hall–Kier alpha value is -2.76. The van der Waals surface area contributed by atoms with Gasteiger partial charge >= 0.3 is 0 Å². The average Bonchev–Trinajstić information content (AvgIpc) is 3.11. The topological polar surface area (TPSA) is 78.7 Å². The van der Waals surface area contributed by atoms with Crippen LogP contribution in [-0.4, -0.2) is 38.0 Å². The van der Waals surface area contributed by atoms with Crippen LogP contribution < -0.4 is 16.0 Å². The lowest BCUT2D eigenvalue weighted by Crippen LogP contribution is -2.38. The van der Waals surface area contributed by atoms with Crippen molar-refractivity contribution in [1.82, 2.24) is 16.0 Å². The zero-order valence-corrected chi connectivity index (χ0v) is 16.3. The van der Waals surface area contributed by atoms with Gasteiger partial charge in [-0.1, -0.05) is 30.3 Å². The van der Waals surface area contributed by atoms with E-state index in [4.69, 9.17) is 4.42 Å². The molecule has 0 fully saturated rings. The van der Waals surface area contributed by atoms with Crippen LogP contribution in [0.3, 0.4) is 0 Å². The van der Waals surface area contributed by atoms with Crippen molar-refractivity contribution in [2.45, 2.75) is 33.1 Å². The van der Waals surface area contributed by atoms with E-state index in [1.54, 1.807) is 6.07 Å². The van der Waals surface area contributed by atoms with E-state index in [1.807, 2.05) is 19.9 Å². The molecule has 1 heterocycles. The summed E-state index contributed by atoms with van der Waals surface area (Å²) in [5.41, 5.74) is 2.20. The number of hydrogen-bond acceptors (Lipinski definition) is 3. The molecule has 0 aliphatic heterocycles. The summed E-state index contributed by atoms with van der Waals surface area (Å²) >= 11 is 0. The van der Waals surface area contributed by atoms with Crippen molar-refractivity contribution in [1.29, 1.82) is 0 Å². The highest BCUT2D eigenvalue weighted by molar-refractivity contribution is 5.92. The first kappa shape index (κ1) is 20.6. The number of aliphatic imine (C=N–C) groups is 1. The molecule has 2 aromatic rings. The van der Waals surface area contributed by atoms with Gasteiger partial charge in [-0.2, -0.15) is 0 Å². The number of amides is 1. The maximum Gasteiger partial charge on any atom is 0.287 e. The zero-order chi connectivity index (χ0) is 19.3. The Balaban J connectivity index is 1.64. The number of benzene rings is 1. The van der Waals surface area contributed by atoms with Crippen molar-refractivity contribution in [3.63, 3.8) is 0 Å². The second-order valence-corrected chi connectivity index (χ2v) is 6.32. The number of hydrogen-bond donors (Lipinski definition) is 3. The number of rotatable bonds is 10. The molecular formula is C21H30N4O2. The van der Waals surface area contributed by atoms with Gasteiger partial charge in [0.15, 0.2) is 11.7 Å². The molecule has 0 unspecified atom stereocenters. The molecular weight excluding hydrogens is 340 g/mol. The van der Waals surface area contributed by atoms with Crippen LogP contribution in [0.2, 0.25) is 0 Å². The third kappa shape index (κ3) is 7.56. The summed E-state index contributed by atoms with van der Waals surface area (Å²) < 4.78 is 5.18. The predicted molar refractivity (Wildman–Crippen MR) is 109 cm³/mol. The number of guanidine groups is 1. The molecule has 1 aromatic heterocycles. The first-order valence-electron chi connectivity index (χ1n) is 9.59. The quantitative estimate of drug-likeness (QED) is 0.341. The van der Waals surface area contributed by atoms with E-state index in [0.717, 1.165) is 43.9 Å². The van der Waals surface area contributed by atoms with E-state index in [0.29, 0.717) is 18.8 Å². The molecule has 6 nitrogen and oxygen atoms in total. The minimum Gasteiger partial charge on any atom is -0.459 e. The predicted octanol–water partition coefficient (Wildman–Crippen LogP) is 2.90. The Bertz CT molecular complexity index is 710. The first-order chi connectivity index (χ1) is 13.2. The summed E-state index contributed by atoms with van der Waals surface area (Å²) in [6.45, 7) is 6.80. The van der Waals surface area contributed by atoms with E-state index < -0.39 is 0 Å². The maximum atomic E-state index is 12.0. The van der Waals surface area contributed by atoms with Crippen LogP contribution in [0.5, 0.6) is 0 Å². The smallest absolute Gasteiger partial charge is 0.287 e. The third-order valence-electron chi connectivity index (χ3n) is 4.08. The number of nitrogens with zero attached hydrogens (tertiary/aromatic N) is 1. The van der Waals surface area contributed by atoms with Gasteiger partial charge < -0.3 is 20.4 Å². The summed E-state index contributed by atoms with van der Waals surface area (Å²) in [7, 11) is 0. The summed E-state index contributed by atoms with van der Waals surface area (Å²) in [5, 5.41) is 9.46. The number of furan rings is 1. The molecule has 2 rings (SSSR count). The summed E-state index contributed by atoms with van der Waals surface area (Å²) in [4.78, 5) is 16.5. The van der Waals surface area contributed by atoms with Crippen molar-refractivity contribution in [3.8, 4) is 0 Å². The van der Waals surface area contributed by atoms with Crippen LogP contribution in [-0.2, 0) is 6.42 Å². The van der Waals surface area contributed by atoms with Crippen molar-refractivity contribution < 1.29 is 9.21 Å². The molecule has 0 aliphatic carbocycles. The highest BCUT2D eigenvalue weighted by atomic mass is 16.3. The SMILES string of the molecule is CCNC(=NCCCNC(=O)c1occc1C)NCCCc1ccccc1. The van der Waals surface area contributed by atoms with Crippen molar-refractivity contribution in [2.75, 3.05) is 26.2 Å². The molecule has 1 aromatic carbocycles. The Labute approximate surface area is 161 Å². The van der Waals surface area contributed by atoms with Gasteiger partial charge in [0, 0.05) is 31.7 Å². The molecule has 0 spiro atoms. The molecule has 0 bridgehead atoms. The normalized spacial score (nSPS) is 11.3. The number of carbonyl (C=O) groups is 1. The summed E-state index contributed by atoms with van der Waals surface area (Å²) in [5.74, 6) is 1.03. The monoisotopic (exact) mass is 370 g/mol. The first-order valence-corrected chi connectivity index (χ1v) is 9.59. The molecule has 1 amide bonds. The maximum absolute atomic E-state index is 12.0. The van der Waals surface area contributed by atoms with Crippen LogP contribution in [0.4, 0.5) is 0 Å². The molecule has 0 aliphatic rings. The highest BCUT2D eigenvalue weighted by Gasteiger charge is 2.11. The lowest BCUT2D eigenvalue weighted by Gasteiger charge is -2.11. The third-order valence-corrected chi connectivity index (χ3v) is 4.08. The van der Waals surface area contributed by atoms with Gasteiger partial charge in [0.2, 0.25) is 0 Å². The zero-order valence-electron chi connectivity index (χ0n) is 16.3. The van der Waals surface area contributed by atoms with Crippen LogP contribution in [0.25, 0.3) is 0 Å². The van der Waals surface area contributed by atoms with Crippen LogP contribution in [0.1, 0.15) is 41.4 Å². The minimum absolute atomic E-state index is 0.174. The Morgan fingerprint density at radius 2 is 1.81 bits per heavy atom. The van der Waals surface area contributed by atoms with E-state index in [2.05, 4.69) is 45.2 Å². The Kier molecular flexibility index (Phi) is 8.96. The van der Waals surface area contributed by atoms with Crippen molar-refractivity contribution in [2.24, 2.45) is 4.99 Å². The fourth-order valence-corrected chi connectivity index (χ4v) is 2.64. The molecule has 0 saturated heterocycles. The molecule has 0 saturated carbocycles. The second kappa shape index (κ2) is 11.8. The Morgan fingerprint density at radius 1 is 1.04 bits per heavy atom. The fraction of sp³-hybridized carbons (Fsp3) is 0.429. The van der Waals surface area contributed by atoms with Gasteiger partial charge in [0.05, 0.1) is 6.26 Å². The van der Waals surface area contributed by atoms with E-state index in [9.17, 15) is 4.79 Å². The lowest BCUT2D eigenvalue weighted by atomic mass is 10.1. The largest absolute Gasteiger partial charge is 0.459 e. The van der Waals surface area contributed by atoms with E-state index in [1.165, 1.54) is 11.8 Å². The number of aryl methyl sites for hydroxylation is 2. The van der Waals surface area contributed by atoms with Crippen molar-refractivity contribution >= 4 is 11.9 Å². The minimum atomic E-state index is -0.174. The molecule has 3 N–H and O–H groups in total. The molecule has 27 heavy (non-hydrogen) atoms. The summed E-state index contributed by atoms with van der Waals surface area (Å²) in [6.07, 6.45) is 4.39. The van der Waals surface area contributed by atoms with E-state index >= 15 is 0 Å². The number of carbonyl (C=O) groups excluding carboxylic acids is 1. The lowest BCUT2D eigenvalue weighted by molar-refractivity contribution is 0.0925. The van der Waals surface area contributed by atoms with Crippen LogP contribution >= 0.6 is 0 Å². The van der Waals surface area contributed by atoms with Gasteiger partial charge in [-0.25, -0.2) is 0 Å². The molecule has 6 heteroatoms. The second-order valence-electron chi connectivity index (χ2n) is 6.32. The fourth-order valence-electron chi connectivity index (χ4n) is 2.64. The van der Waals surface area contributed by atoms with Gasteiger partial charge in [-0.3, -0.25) is 9.79 Å². The van der Waals surface area contributed by atoms with Crippen molar-refractivity contribution in [3.05, 3.63) is 59.5 Å². The molecule has 146 valence electrons. The van der Waals surface area contributed by atoms with Gasteiger partial charge in [-0.05, 0) is 44.7 Å². The number of nitrogens with one attached hydrogen (secondary N) is 3. The standard InChI is InChI=1S/C21H30N4O2/c1-3-22-21(24-13-7-11-18-9-5-4-6-10-18)25-15-8-14-23-20(26)19-17(2)12-16-27-19/h4-6,9-10,12,16H,3,7-8,11,13-15H2,1-2H3,(H,23,26)(H2,22,24,25). The highest BCUT2D eigenvalue weighted by Crippen LogP contribution is 2.07. The Morgan fingerprint density at radius 3 is 2.52 bits per heavy atom. The average molecular weight is 370 g/mol. The molecule has 0 radical (unpaired) electrons. The summed E-state index contributed by atoms with van der Waals surface area (Å²) in [6, 6.07) is 12.3. The molecule has 0 atom stereocenters. The van der Waals surface area contributed by atoms with Gasteiger partial charge in [-0.15, -0.1) is 0 Å². The van der Waals surface area contributed by atoms with Gasteiger partial charge in [0.1, 0.15) is 0 Å². The van der Waals surface area contributed by atoms with E-state index in [-0.39, 0.29) is 5.91 Å². The van der Waals surface area contributed by atoms with Gasteiger partial charge in [0.25, 0.3) is 5.91 Å². The van der Waals surface area contributed by atoms with Crippen LogP contribution in [0, 0.1) is 6.92 Å².